The van der Waals surface area contributed by atoms with E-state index in [-0.39, 0.29) is 76.5 Å². The summed E-state index contributed by atoms with van der Waals surface area (Å²) in [5, 5.41) is 53.8. The van der Waals surface area contributed by atoms with Gasteiger partial charge in [0.15, 0.2) is 29.7 Å². The van der Waals surface area contributed by atoms with Gasteiger partial charge in [-0.15, -0.1) is 0 Å². The average molecular weight is 753 g/mol. The maximum atomic E-state index is 14.3. The molecular weight excluding hydrogens is 718 g/mol. The molecule has 4 aliphatic heterocycles. The molecule has 0 spiro atoms. The zero-order chi connectivity index (χ0) is 38.5. The summed E-state index contributed by atoms with van der Waals surface area (Å²) in [6.45, 7) is -0.782. The van der Waals surface area contributed by atoms with Gasteiger partial charge in [-0.25, -0.2) is 9.89 Å². The molecule has 7 N–H and O–H groups in total. The highest BCUT2D eigenvalue weighted by molar-refractivity contribution is 6.68. The van der Waals surface area contributed by atoms with Crippen LogP contribution < -0.4 is 19.7 Å². The lowest BCUT2D eigenvalue weighted by Crippen LogP contribution is -3.09. The quantitative estimate of drug-likeness (QED) is 0.113. The van der Waals surface area contributed by atoms with Crippen molar-refractivity contribution in [3.05, 3.63) is 100 Å². The van der Waals surface area contributed by atoms with Gasteiger partial charge in [0, 0.05) is 40.2 Å². The number of amidine groups is 1. The first-order chi connectivity index (χ1) is 26.6. The SMILES string of the molecule is N=C1N=C2C(=NC[NH+]2c2ccccc2[C@@H]2/C=C\OC[C@@H]3O[C@H](Oc4c2cc2c(c4OC[C@H](O)CC=O)C(=O)c4ccccc4C2=O)[C@@H](O)[C@H](O)[C@H]3O)C(=O)N1. The number of ketones is 2. The van der Waals surface area contributed by atoms with Gasteiger partial charge >= 0.3 is 0 Å². The van der Waals surface area contributed by atoms with Crippen LogP contribution in [0, 0.1) is 5.41 Å². The number of nitrogens with one attached hydrogen (secondary N) is 3. The first-order valence-electron chi connectivity index (χ1n) is 17.3. The van der Waals surface area contributed by atoms with E-state index < -0.39 is 66.8 Å². The molecule has 3 aromatic carbocycles. The highest BCUT2D eigenvalue weighted by atomic mass is 16.7. The predicted octanol–water partition coefficient (Wildman–Crippen LogP) is -0.956. The van der Waals surface area contributed by atoms with Crippen LogP contribution in [0.2, 0.25) is 0 Å². The number of carbonyl (C=O) groups excluding carboxylic acids is 4. The average Bonchev–Trinajstić information content (AvgIpc) is 3.60. The van der Waals surface area contributed by atoms with E-state index in [0.717, 1.165) is 0 Å². The van der Waals surface area contributed by atoms with Crippen LogP contribution in [0.15, 0.2) is 76.9 Å². The van der Waals surface area contributed by atoms with E-state index in [1.807, 2.05) is 0 Å². The summed E-state index contributed by atoms with van der Waals surface area (Å²) < 4.78 is 24.3. The smallest absolute Gasteiger partial charge is 0.284 e. The Morgan fingerprint density at radius 2 is 1.73 bits per heavy atom. The number of allylic oxidation sites excluding steroid dienone is 1. The molecule has 4 heterocycles. The van der Waals surface area contributed by atoms with Crippen molar-refractivity contribution in [3.63, 3.8) is 0 Å². The predicted molar refractivity (Wildman–Crippen MR) is 189 cm³/mol. The van der Waals surface area contributed by atoms with E-state index in [0.29, 0.717) is 22.4 Å². The van der Waals surface area contributed by atoms with Crippen LogP contribution in [0.1, 0.15) is 55.3 Å². The third kappa shape index (κ3) is 6.21. The van der Waals surface area contributed by atoms with Gasteiger partial charge in [0.25, 0.3) is 11.7 Å². The fourth-order valence-corrected chi connectivity index (χ4v) is 7.31. The fourth-order valence-electron chi connectivity index (χ4n) is 7.31. The van der Waals surface area contributed by atoms with E-state index in [1.54, 1.807) is 42.5 Å². The van der Waals surface area contributed by atoms with Gasteiger partial charge in [0.1, 0.15) is 49.6 Å². The molecule has 0 aromatic heterocycles. The van der Waals surface area contributed by atoms with Crippen molar-refractivity contribution >= 4 is 47.0 Å². The van der Waals surface area contributed by atoms with Crippen LogP contribution in [0.3, 0.4) is 0 Å². The van der Waals surface area contributed by atoms with Crippen LogP contribution in [0.5, 0.6) is 11.5 Å². The second-order valence-corrected chi connectivity index (χ2v) is 13.4. The summed E-state index contributed by atoms with van der Waals surface area (Å²) in [6, 6.07) is 14.7. The van der Waals surface area contributed by atoms with Crippen LogP contribution in [0.4, 0.5) is 5.69 Å². The molecule has 1 aliphatic carbocycles. The van der Waals surface area contributed by atoms with Crippen LogP contribution >= 0.6 is 0 Å². The zero-order valence-electron chi connectivity index (χ0n) is 28.7. The number of aliphatic hydroxyl groups excluding tert-OH is 4. The van der Waals surface area contributed by atoms with Crippen LogP contribution in [-0.2, 0) is 19.1 Å². The fraction of sp³-hybridized carbons (Fsp3) is 0.289. The lowest BCUT2D eigenvalue weighted by Gasteiger charge is -2.40. The number of hydrogen-bond donors (Lipinski definition) is 7. The Kier molecular flexibility index (Phi) is 9.42. The molecule has 8 atom stereocenters. The Morgan fingerprint density at radius 3 is 2.51 bits per heavy atom. The molecule has 1 fully saturated rings. The van der Waals surface area contributed by atoms with Crippen LogP contribution in [0.25, 0.3) is 0 Å². The normalized spacial score (nSPS) is 28.0. The standard InChI is InChI=1S/C38H33N5O12/c39-38-41-35-27(36(51)42-38)40-16-43(35)24-8-4-3-5-19(24)18-10-12-52-15-25-30(48)31(49)32(50)37(54-25)55-33-22(18)13-23-26(34(33)53-14-17(45)9-11-44)29(47)21-7-2-1-6-20(21)28(23)46/h1-8,10-13,17-18,25,30-32,37,45,48-50H,9,14-16H2,(H2,39,42,51)/p+1/b12-10-/t17-,18+,25+,30+,31-,32+,37-/m1/s1. The Labute approximate surface area is 311 Å². The number of aliphatic hydroxyl groups is 4. The lowest BCUT2D eigenvalue weighted by molar-refractivity contribution is -0.723. The molecular formula is C38H34N5O12+. The molecule has 17 nitrogen and oxygen atoms in total. The molecule has 55 heavy (non-hydrogen) atoms. The van der Waals surface area contributed by atoms with E-state index in [9.17, 15) is 39.6 Å². The van der Waals surface area contributed by atoms with Crippen molar-refractivity contribution in [2.75, 3.05) is 19.9 Å². The number of para-hydroxylation sites is 1. The maximum absolute atomic E-state index is 14.3. The molecule has 3 aromatic rings. The second-order valence-electron chi connectivity index (χ2n) is 13.4. The molecule has 0 radical (unpaired) electrons. The number of quaternary nitrogens is 1. The monoisotopic (exact) mass is 752 g/mol. The molecule has 1 unspecified atom stereocenters. The first kappa shape index (κ1) is 36.0. The molecule has 5 aliphatic rings. The minimum absolute atomic E-state index is 0.0404. The number of hydrogen-bond acceptors (Lipinski definition) is 14. The third-order valence-electron chi connectivity index (χ3n) is 10.0. The number of ether oxygens (including phenoxy) is 4. The number of carbonyl (C=O) groups is 4. The number of guanidine groups is 1. The number of aliphatic imine (C=N–C) groups is 2. The van der Waals surface area contributed by atoms with Gasteiger partial charge < -0.3 is 44.2 Å². The Balaban J connectivity index is 1.38. The molecule has 1 saturated heterocycles. The number of amides is 1. The van der Waals surface area contributed by atoms with Crippen molar-refractivity contribution < 1.29 is 63.5 Å². The summed E-state index contributed by atoms with van der Waals surface area (Å²) in [4.78, 5) is 61.8. The molecule has 2 bridgehead atoms. The van der Waals surface area contributed by atoms with Gasteiger partial charge in [-0.05, 0) is 18.2 Å². The largest absolute Gasteiger partial charge is 0.499 e. The number of benzene rings is 3. The Morgan fingerprint density at radius 1 is 0.982 bits per heavy atom. The summed E-state index contributed by atoms with van der Waals surface area (Å²) in [5.41, 5.74) is 1.24. The van der Waals surface area contributed by atoms with Gasteiger partial charge in [-0.3, -0.25) is 25.1 Å². The van der Waals surface area contributed by atoms with Crippen molar-refractivity contribution in [2.24, 2.45) is 9.98 Å². The number of aldehydes is 1. The van der Waals surface area contributed by atoms with Crippen molar-refractivity contribution in [2.45, 2.75) is 49.1 Å². The van der Waals surface area contributed by atoms with Crippen molar-refractivity contribution in [1.82, 2.24) is 5.32 Å². The Hall–Kier alpha value is -5.95. The summed E-state index contributed by atoms with van der Waals surface area (Å²) in [5.74, 6) is -3.34. The first-order valence-corrected chi connectivity index (χ1v) is 17.3. The van der Waals surface area contributed by atoms with Gasteiger partial charge in [0.05, 0.1) is 17.9 Å². The minimum Gasteiger partial charge on any atom is -0.499 e. The lowest BCUT2D eigenvalue weighted by atomic mass is 9.79. The topological polar surface area (TPSA) is 251 Å². The van der Waals surface area contributed by atoms with E-state index >= 15 is 0 Å². The molecule has 1 amide bonds. The molecule has 0 saturated carbocycles. The maximum Gasteiger partial charge on any atom is 0.284 e. The van der Waals surface area contributed by atoms with Crippen LogP contribution in [-0.4, -0.2) is 118 Å². The highest BCUT2D eigenvalue weighted by Crippen LogP contribution is 2.48. The summed E-state index contributed by atoms with van der Waals surface area (Å²) in [6.07, 6.45) is -6.30. The minimum atomic E-state index is -1.84. The number of nitrogens with zero attached hydrogens (tertiary/aromatic N) is 2. The molecule has 282 valence electrons. The number of fused-ring (bicyclic) bond motifs is 6. The summed E-state index contributed by atoms with van der Waals surface area (Å²) >= 11 is 0. The van der Waals surface area contributed by atoms with Crippen molar-refractivity contribution in [1.29, 1.82) is 5.41 Å². The second kappa shape index (κ2) is 14.4. The van der Waals surface area contributed by atoms with E-state index in [1.165, 1.54) is 24.5 Å². The van der Waals surface area contributed by atoms with Gasteiger partial charge in [0.2, 0.25) is 18.0 Å². The van der Waals surface area contributed by atoms with E-state index in [2.05, 4.69) is 15.3 Å². The van der Waals surface area contributed by atoms with Crippen molar-refractivity contribution in [3.8, 4) is 11.5 Å². The van der Waals surface area contributed by atoms with E-state index in [4.69, 9.17) is 24.4 Å². The van der Waals surface area contributed by atoms with Gasteiger partial charge in [-0.1, -0.05) is 42.5 Å². The summed E-state index contributed by atoms with van der Waals surface area (Å²) in [7, 11) is 0. The molecule has 8 rings (SSSR count). The highest BCUT2D eigenvalue weighted by Gasteiger charge is 2.48. The Bertz CT molecular complexity index is 2240. The molecule has 17 heteroatoms. The van der Waals surface area contributed by atoms with Gasteiger partial charge in [-0.2, -0.15) is 4.99 Å². The number of rotatable bonds is 7. The zero-order valence-corrected chi connectivity index (χ0v) is 28.7. The third-order valence-corrected chi connectivity index (χ3v) is 10.0.